The van der Waals surface area contributed by atoms with Crippen molar-refractivity contribution in [3.8, 4) is 0 Å². The molecule has 27 heavy (non-hydrogen) atoms. The monoisotopic (exact) mass is 390 g/mol. The fraction of sp³-hybridized carbons (Fsp3) is 0.667. The lowest BCUT2D eigenvalue weighted by Crippen LogP contribution is -2.40. The second-order valence-corrected chi connectivity index (χ2v) is 7.96. The molecule has 2 aliphatic heterocycles. The van der Waals surface area contributed by atoms with Crippen LogP contribution in [-0.2, 0) is 11.3 Å². The number of piperidine rings is 1. The number of nitrogens with one attached hydrogen (secondary N) is 1. The molecule has 0 atom stereocenters. The highest BCUT2D eigenvalue weighted by atomic mass is 32.1. The Kier molecular flexibility index (Phi) is 8.17. The van der Waals surface area contributed by atoms with Crippen LogP contribution in [0.2, 0.25) is 0 Å². The fourth-order valence-electron chi connectivity index (χ4n) is 3.87. The maximum absolute atomic E-state index is 5.61. The smallest absolute Gasteiger partial charge is 0.168 e. The van der Waals surface area contributed by atoms with Gasteiger partial charge in [0.2, 0.25) is 0 Å². The minimum absolute atomic E-state index is 0.838. The fourth-order valence-corrected chi connectivity index (χ4v) is 4.04. The molecule has 2 fully saturated rings. The van der Waals surface area contributed by atoms with Gasteiger partial charge >= 0.3 is 0 Å². The van der Waals surface area contributed by atoms with Crippen molar-refractivity contribution < 1.29 is 4.74 Å². The summed E-state index contributed by atoms with van der Waals surface area (Å²) in [5.41, 5.74) is 2.73. The molecule has 2 heterocycles. The summed E-state index contributed by atoms with van der Waals surface area (Å²) in [6, 6.07) is 8.78. The number of nitrogens with zero attached hydrogens (tertiary/aromatic N) is 3. The number of para-hydroxylation sites is 1. The van der Waals surface area contributed by atoms with Crippen molar-refractivity contribution in [2.24, 2.45) is 0 Å². The van der Waals surface area contributed by atoms with Crippen molar-refractivity contribution in [3.05, 3.63) is 29.8 Å². The first-order valence-corrected chi connectivity index (χ1v) is 10.8. The van der Waals surface area contributed by atoms with Crippen LogP contribution in [0.25, 0.3) is 0 Å². The lowest BCUT2D eigenvalue weighted by Gasteiger charge is -2.32. The Morgan fingerprint density at radius 2 is 1.85 bits per heavy atom. The van der Waals surface area contributed by atoms with Gasteiger partial charge in [-0.15, -0.1) is 0 Å². The number of morpholine rings is 1. The van der Waals surface area contributed by atoms with Gasteiger partial charge < -0.3 is 19.9 Å². The highest BCUT2D eigenvalue weighted by molar-refractivity contribution is 7.80. The van der Waals surface area contributed by atoms with Gasteiger partial charge in [0.1, 0.15) is 0 Å². The first-order chi connectivity index (χ1) is 13.2. The number of thiocarbonyl (C=S) groups is 1. The van der Waals surface area contributed by atoms with Crippen molar-refractivity contribution in [1.29, 1.82) is 0 Å². The van der Waals surface area contributed by atoms with Crippen LogP contribution in [0.3, 0.4) is 0 Å². The van der Waals surface area contributed by atoms with Crippen LogP contribution in [0.4, 0.5) is 5.69 Å². The molecular formula is C21H34N4OS. The van der Waals surface area contributed by atoms with Crippen molar-refractivity contribution >= 4 is 23.0 Å². The summed E-state index contributed by atoms with van der Waals surface area (Å²) in [5, 5.41) is 4.27. The molecule has 0 saturated carbocycles. The molecular weight excluding hydrogens is 356 g/mol. The van der Waals surface area contributed by atoms with Crippen molar-refractivity contribution in [2.45, 2.75) is 32.2 Å². The SMILES string of the molecule is CN(Cc1ccccc1N1CCCCC1)C(=S)NCCCN1CCOCC1. The van der Waals surface area contributed by atoms with E-state index < -0.39 is 0 Å². The molecule has 0 unspecified atom stereocenters. The molecule has 0 amide bonds. The van der Waals surface area contributed by atoms with E-state index in [-0.39, 0.29) is 0 Å². The van der Waals surface area contributed by atoms with Gasteiger partial charge in [-0.05, 0) is 56.1 Å². The molecule has 150 valence electrons. The van der Waals surface area contributed by atoms with Crippen molar-refractivity contribution in [2.75, 3.05) is 64.4 Å². The van der Waals surface area contributed by atoms with Crippen molar-refractivity contribution in [3.63, 3.8) is 0 Å². The molecule has 2 aliphatic rings. The van der Waals surface area contributed by atoms with E-state index in [1.807, 2.05) is 0 Å². The third-order valence-electron chi connectivity index (χ3n) is 5.47. The third kappa shape index (κ3) is 6.33. The van der Waals surface area contributed by atoms with E-state index in [0.29, 0.717) is 0 Å². The number of rotatable bonds is 7. The van der Waals surface area contributed by atoms with Crippen LogP contribution in [0.1, 0.15) is 31.2 Å². The highest BCUT2D eigenvalue weighted by Gasteiger charge is 2.16. The summed E-state index contributed by atoms with van der Waals surface area (Å²) in [6.07, 6.45) is 5.07. The normalized spacial score (nSPS) is 18.3. The largest absolute Gasteiger partial charge is 0.379 e. The molecule has 0 aromatic heterocycles. The van der Waals surface area contributed by atoms with E-state index in [2.05, 4.69) is 51.3 Å². The summed E-state index contributed by atoms with van der Waals surface area (Å²) in [6.45, 7) is 9.07. The Bertz CT molecular complexity index is 585. The Hall–Kier alpha value is -1.37. The van der Waals surface area contributed by atoms with Crippen LogP contribution in [0.15, 0.2) is 24.3 Å². The van der Waals surface area contributed by atoms with Crippen LogP contribution in [0, 0.1) is 0 Å². The Labute approximate surface area is 169 Å². The maximum atomic E-state index is 5.61. The van der Waals surface area contributed by atoms with Crippen molar-refractivity contribution in [1.82, 2.24) is 15.1 Å². The lowest BCUT2D eigenvalue weighted by molar-refractivity contribution is 0.0376. The summed E-state index contributed by atoms with van der Waals surface area (Å²) in [7, 11) is 2.09. The number of ether oxygens (including phenoxy) is 1. The molecule has 1 aromatic rings. The zero-order chi connectivity index (χ0) is 18.9. The summed E-state index contributed by atoms with van der Waals surface area (Å²) in [4.78, 5) is 7.16. The predicted octanol–water partition coefficient (Wildman–Crippen LogP) is 2.71. The van der Waals surface area contributed by atoms with Gasteiger partial charge in [-0.1, -0.05) is 18.2 Å². The standard InChI is InChI=1S/C21H34N4OS/c1-23(21(27)22-10-7-11-24-14-16-26-17-15-24)18-19-8-3-4-9-20(19)25-12-5-2-6-13-25/h3-4,8-9H,2,5-7,10-18H2,1H3,(H,22,27). The number of benzene rings is 1. The number of anilines is 1. The van der Waals surface area contributed by atoms with Crippen LogP contribution in [0.5, 0.6) is 0 Å². The van der Waals surface area contributed by atoms with Gasteiger partial charge in [-0.3, -0.25) is 4.90 Å². The highest BCUT2D eigenvalue weighted by Crippen LogP contribution is 2.25. The third-order valence-corrected chi connectivity index (χ3v) is 5.93. The molecule has 0 spiro atoms. The zero-order valence-corrected chi connectivity index (χ0v) is 17.5. The van der Waals surface area contributed by atoms with E-state index >= 15 is 0 Å². The molecule has 3 rings (SSSR count). The zero-order valence-electron chi connectivity index (χ0n) is 16.7. The van der Waals surface area contributed by atoms with Gasteiger partial charge in [0.15, 0.2) is 5.11 Å². The van der Waals surface area contributed by atoms with E-state index in [1.54, 1.807) is 0 Å². The van der Waals surface area contributed by atoms with Crippen LogP contribution < -0.4 is 10.2 Å². The first kappa shape index (κ1) is 20.4. The summed E-state index contributed by atoms with van der Waals surface area (Å²) < 4.78 is 5.40. The molecule has 1 aromatic carbocycles. The average molecular weight is 391 g/mol. The molecule has 6 heteroatoms. The van der Waals surface area contributed by atoms with E-state index in [1.165, 1.54) is 43.6 Å². The molecule has 0 aliphatic carbocycles. The Balaban J connectivity index is 1.43. The minimum Gasteiger partial charge on any atom is -0.379 e. The second kappa shape index (κ2) is 10.8. The van der Waals surface area contributed by atoms with Gasteiger partial charge in [0.25, 0.3) is 0 Å². The summed E-state index contributed by atoms with van der Waals surface area (Å²) >= 11 is 5.61. The summed E-state index contributed by atoms with van der Waals surface area (Å²) in [5.74, 6) is 0. The maximum Gasteiger partial charge on any atom is 0.168 e. The molecule has 0 bridgehead atoms. The van der Waals surface area contributed by atoms with Gasteiger partial charge in [-0.2, -0.15) is 0 Å². The number of hydrogen-bond donors (Lipinski definition) is 1. The molecule has 2 saturated heterocycles. The molecule has 1 N–H and O–H groups in total. The second-order valence-electron chi connectivity index (χ2n) is 7.57. The average Bonchev–Trinajstić information content (AvgIpc) is 2.73. The topological polar surface area (TPSA) is 31.0 Å². The van der Waals surface area contributed by atoms with Gasteiger partial charge in [-0.25, -0.2) is 0 Å². The van der Waals surface area contributed by atoms with E-state index in [4.69, 9.17) is 17.0 Å². The lowest BCUT2D eigenvalue weighted by atomic mass is 10.1. The van der Waals surface area contributed by atoms with E-state index in [0.717, 1.165) is 57.5 Å². The van der Waals surface area contributed by atoms with Gasteiger partial charge in [0.05, 0.1) is 13.2 Å². The minimum atomic E-state index is 0.838. The Morgan fingerprint density at radius 3 is 2.63 bits per heavy atom. The van der Waals surface area contributed by atoms with Gasteiger partial charge in [0, 0.05) is 52.0 Å². The predicted molar refractivity (Wildman–Crippen MR) is 116 cm³/mol. The number of hydrogen-bond acceptors (Lipinski definition) is 4. The molecule has 0 radical (unpaired) electrons. The quantitative estimate of drug-likeness (QED) is 0.569. The van der Waals surface area contributed by atoms with Crippen LogP contribution in [-0.4, -0.2) is 74.4 Å². The van der Waals surface area contributed by atoms with Crippen LogP contribution >= 0.6 is 12.2 Å². The van der Waals surface area contributed by atoms with E-state index in [9.17, 15) is 0 Å². The first-order valence-electron chi connectivity index (χ1n) is 10.4. The Morgan fingerprint density at radius 1 is 1.11 bits per heavy atom. The molecule has 5 nitrogen and oxygen atoms in total.